The highest BCUT2D eigenvalue weighted by Gasteiger charge is 2.09. The minimum Gasteiger partial charge on any atom is -0.0654 e. The van der Waals surface area contributed by atoms with Crippen LogP contribution in [0.25, 0.3) is 0 Å². The van der Waals surface area contributed by atoms with Crippen molar-refractivity contribution in [2.75, 3.05) is 0 Å². The second kappa shape index (κ2) is 5.62. The highest BCUT2D eigenvalue weighted by atomic mass is 14.1. The summed E-state index contributed by atoms with van der Waals surface area (Å²) < 4.78 is 0. The van der Waals surface area contributed by atoms with Gasteiger partial charge in [-0.15, -0.1) is 0 Å². The van der Waals surface area contributed by atoms with Gasteiger partial charge in [0.15, 0.2) is 0 Å². The molecule has 1 aliphatic rings. The first-order valence-electron chi connectivity index (χ1n) is 5.27. The monoisotopic (exact) mass is 153 g/mol. The van der Waals surface area contributed by atoms with E-state index >= 15 is 0 Å². The standard InChI is InChI=1S/C11H21/c1-2-8-11-9-6-4-3-5-7-10-11/h9,11H,2-8,10H2,1H3. The molecule has 1 aliphatic carbocycles. The van der Waals surface area contributed by atoms with Gasteiger partial charge in [-0.2, -0.15) is 0 Å². The fraction of sp³-hybridized carbons (Fsp3) is 0.909. The molecule has 0 aromatic carbocycles. The minimum atomic E-state index is 0.959. The van der Waals surface area contributed by atoms with Gasteiger partial charge in [0.2, 0.25) is 0 Å². The predicted molar refractivity (Wildman–Crippen MR) is 50.4 cm³/mol. The van der Waals surface area contributed by atoms with Crippen LogP contribution >= 0.6 is 0 Å². The Morgan fingerprint density at radius 2 is 2.00 bits per heavy atom. The molecule has 11 heavy (non-hydrogen) atoms. The third-order valence-electron chi connectivity index (χ3n) is 2.69. The first-order chi connectivity index (χ1) is 5.43. The van der Waals surface area contributed by atoms with Crippen LogP contribution in [0.4, 0.5) is 0 Å². The van der Waals surface area contributed by atoms with Gasteiger partial charge >= 0.3 is 0 Å². The fourth-order valence-corrected chi connectivity index (χ4v) is 2.01. The van der Waals surface area contributed by atoms with E-state index in [-0.39, 0.29) is 0 Å². The molecule has 0 nitrogen and oxygen atoms in total. The Bertz CT molecular complexity index is 78.0. The quantitative estimate of drug-likeness (QED) is 0.563. The Balaban J connectivity index is 2.15. The van der Waals surface area contributed by atoms with E-state index in [4.69, 9.17) is 0 Å². The first kappa shape index (κ1) is 9.09. The third kappa shape index (κ3) is 3.79. The second-order valence-electron chi connectivity index (χ2n) is 3.78. The van der Waals surface area contributed by atoms with Crippen LogP contribution < -0.4 is 0 Å². The average Bonchev–Trinajstić information content (AvgIpc) is 1.94. The van der Waals surface area contributed by atoms with Gasteiger partial charge in [-0.25, -0.2) is 0 Å². The van der Waals surface area contributed by atoms with Crippen molar-refractivity contribution in [3.63, 3.8) is 0 Å². The van der Waals surface area contributed by atoms with Gasteiger partial charge in [-0.05, 0) is 18.8 Å². The van der Waals surface area contributed by atoms with E-state index in [0.717, 1.165) is 5.92 Å². The summed E-state index contributed by atoms with van der Waals surface area (Å²) >= 11 is 0. The lowest BCUT2D eigenvalue weighted by Gasteiger charge is -2.18. The number of hydrogen-bond acceptors (Lipinski definition) is 0. The molecule has 0 spiro atoms. The van der Waals surface area contributed by atoms with E-state index in [2.05, 4.69) is 13.3 Å². The maximum absolute atomic E-state index is 2.57. The summed E-state index contributed by atoms with van der Waals surface area (Å²) in [6.07, 6.45) is 14.1. The zero-order valence-electron chi connectivity index (χ0n) is 7.81. The van der Waals surface area contributed by atoms with Crippen molar-refractivity contribution in [1.82, 2.24) is 0 Å². The lowest BCUT2D eigenvalue weighted by Crippen LogP contribution is -2.03. The van der Waals surface area contributed by atoms with Crippen molar-refractivity contribution in [2.45, 2.75) is 58.3 Å². The maximum Gasteiger partial charge on any atom is -0.0355 e. The Kier molecular flexibility index (Phi) is 4.65. The van der Waals surface area contributed by atoms with E-state index in [0.29, 0.717) is 0 Å². The predicted octanol–water partition coefficient (Wildman–Crippen LogP) is 3.96. The van der Waals surface area contributed by atoms with Crippen LogP contribution in [0.1, 0.15) is 58.3 Å². The van der Waals surface area contributed by atoms with Crippen LogP contribution in [0.15, 0.2) is 0 Å². The van der Waals surface area contributed by atoms with Crippen LogP contribution in [0, 0.1) is 12.3 Å². The molecule has 0 amide bonds. The van der Waals surface area contributed by atoms with Crippen molar-refractivity contribution in [3.8, 4) is 0 Å². The van der Waals surface area contributed by atoms with E-state index in [1.165, 1.54) is 51.4 Å². The van der Waals surface area contributed by atoms with Gasteiger partial charge < -0.3 is 0 Å². The highest BCUT2D eigenvalue weighted by Crippen LogP contribution is 2.24. The number of hydrogen-bond donors (Lipinski definition) is 0. The molecule has 0 heteroatoms. The number of rotatable bonds is 2. The molecule has 0 heterocycles. The van der Waals surface area contributed by atoms with E-state index in [9.17, 15) is 0 Å². The van der Waals surface area contributed by atoms with Crippen LogP contribution in [-0.4, -0.2) is 0 Å². The smallest absolute Gasteiger partial charge is 0.0355 e. The van der Waals surface area contributed by atoms with Crippen molar-refractivity contribution in [3.05, 3.63) is 6.42 Å². The average molecular weight is 153 g/mol. The van der Waals surface area contributed by atoms with E-state index in [1.54, 1.807) is 0 Å². The lowest BCUT2D eigenvalue weighted by molar-refractivity contribution is 0.428. The maximum atomic E-state index is 2.57. The Labute approximate surface area is 71.4 Å². The molecule has 1 radical (unpaired) electrons. The molecule has 0 saturated heterocycles. The van der Waals surface area contributed by atoms with Gasteiger partial charge in [0.05, 0.1) is 0 Å². The molecule has 1 atom stereocenters. The molecule has 1 unspecified atom stereocenters. The van der Waals surface area contributed by atoms with Crippen LogP contribution in [-0.2, 0) is 0 Å². The van der Waals surface area contributed by atoms with Gasteiger partial charge in [0.25, 0.3) is 0 Å². The van der Waals surface area contributed by atoms with Gasteiger partial charge in [0, 0.05) is 0 Å². The largest absolute Gasteiger partial charge is 0.0654 e. The lowest BCUT2D eigenvalue weighted by atomic mass is 9.88. The molecule has 1 saturated carbocycles. The zero-order valence-corrected chi connectivity index (χ0v) is 7.81. The van der Waals surface area contributed by atoms with Gasteiger partial charge in [0.1, 0.15) is 0 Å². The third-order valence-corrected chi connectivity index (χ3v) is 2.69. The Morgan fingerprint density at radius 1 is 1.18 bits per heavy atom. The molecule has 0 aliphatic heterocycles. The van der Waals surface area contributed by atoms with Crippen molar-refractivity contribution in [2.24, 2.45) is 5.92 Å². The minimum absolute atomic E-state index is 0.959. The van der Waals surface area contributed by atoms with Crippen LogP contribution in [0.3, 0.4) is 0 Å². The summed E-state index contributed by atoms with van der Waals surface area (Å²) in [6.45, 7) is 2.30. The van der Waals surface area contributed by atoms with Crippen molar-refractivity contribution >= 4 is 0 Å². The van der Waals surface area contributed by atoms with Crippen molar-refractivity contribution < 1.29 is 0 Å². The second-order valence-corrected chi connectivity index (χ2v) is 3.78. The molecule has 1 rings (SSSR count). The normalized spacial score (nSPS) is 22.6. The first-order valence-corrected chi connectivity index (χ1v) is 5.27. The molecule has 65 valence electrons. The summed E-state index contributed by atoms with van der Waals surface area (Å²) in [5.74, 6) is 0.959. The van der Waals surface area contributed by atoms with Crippen LogP contribution in [0.2, 0.25) is 0 Å². The molecule has 1 fully saturated rings. The molecule has 0 aromatic heterocycles. The summed E-state index contributed by atoms with van der Waals surface area (Å²) in [7, 11) is 0. The Hall–Kier alpha value is 0. The molecule has 0 aromatic rings. The topological polar surface area (TPSA) is 0 Å². The highest BCUT2D eigenvalue weighted by molar-refractivity contribution is 4.77. The zero-order chi connectivity index (χ0) is 7.94. The molecular weight excluding hydrogens is 132 g/mol. The van der Waals surface area contributed by atoms with E-state index < -0.39 is 0 Å². The molecular formula is C11H21. The Morgan fingerprint density at radius 3 is 2.82 bits per heavy atom. The summed E-state index contributed by atoms with van der Waals surface area (Å²) in [5, 5.41) is 0. The van der Waals surface area contributed by atoms with Gasteiger partial charge in [-0.1, -0.05) is 51.9 Å². The summed E-state index contributed by atoms with van der Waals surface area (Å²) in [6, 6.07) is 0. The SMILES string of the molecule is CCCC1[CH]CCCCCC1. The van der Waals surface area contributed by atoms with E-state index in [1.807, 2.05) is 0 Å². The summed E-state index contributed by atoms with van der Waals surface area (Å²) in [4.78, 5) is 0. The summed E-state index contributed by atoms with van der Waals surface area (Å²) in [5.41, 5.74) is 0. The fourth-order valence-electron chi connectivity index (χ4n) is 2.01. The molecule has 0 N–H and O–H groups in total. The molecule has 0 bridgehead atoms. The van der Waals surface area contributed by atoms with Crippen LogP contribution in [0.5, 0.6) is 0 Å². The van der Waals surface area contributed by atoms with Gasteiger partial charge in [-0.3, -0.25) is 0 Å². The van der Waals surface area contributed by atoms with Crippen molar-refractivity contribution in [1.29, 1.82) is 0 Å².